The molecule has 0 spiro atoms. The van der Waals surface area contributed by atoms with Crippen molar-refractivity contribution in [3.63, 3.8) is 0 Å². The van der Waals surface area contributed by atoms with Crippen LogP contribution in [0.2, 0.25) is 0 Å². The van der Waals surface area contributed by atoms with Crippen molar-refractivity contribution in [2.24, 2.45) is 0 Å². The second kappa shape index (κ2) is 6.67. The first-order chi connectivity index (χ1) is 11.6. The van der Waals surface area contributed by atoms with Gasteiger partial charge >= 0.3 is 0 Å². The summed E-state index contributed by atoms with van der Waals surface area (Å²) < 4.78 is 7.39. The second-order valence-corrected chi connectivity index (χ2v) is 5.42. The van der Waals surface area contributed by atoms with Gasteiger partial charge in [0, 0.05) is 24.1 Å². The van der Waals surface area contributed by atoms with Crippen LogP contribution in [0.15, 0.2) is 43.0 Å². The lowest BCUT2D eigenvalue weighted by atomic mass is 10.2. The molecule has 0 amide bonds. The lowest BCUT2D eigenvalue weighted by molar-refractivity contribution is 0.194. The van der Waals surface area contributed by atoms with Crippen LogP contribution in [0.25, 0.3) is 5.69 Å². The Morgan fingerprint density at radius 3 is 2.75 bits per heavy atom. The summed E-state index contributed by atoms with van der Waals surface area (Å²) in [7, 11) is 1.62. The van der Waals surface area contributed by atoms with Crippen LogP contribution in [-0.2, 0) is 0 Å². The van der Waals surface area contributed by atoms with Gasteiger partial charge in [-0.3, -0.25) is 0 Å². The molecule has 0 bridgehead atoms. The molecule has 0 aliphatic heterocycles. The van der Waals surface area contributed by atoms with Crippen molar-refractivity contribution in [1.29, 1.82) is 0 Å². The van der Waals surface area contributed by atoms with Crippen molar-refractivity contribution >= 4 is 11.6 Å². The Balaban J connectivity index is 1.88. The maximum Gasteiger partial charge on any atom is 0.227 e. The molecule has 2 N–H and O–H groups in total. The predicted octanol–water partition coefficient (Wildman–Crippen LogP) is 2.78. The SMILES string of the molecule is COc1cc(Nc2nccc(C(C)O)n2)ccc1-n1cnc(C)c1. The van der Waals surface area contributed by atoms with Gasteiger partial charge in [-0.25, -0.2) is 15.0 Å². The molecule has 1 aromatic carbocycles. The quantitative estimate of drug-likeness (QED) is 0.750. The highest BCUT2D eigenvalue weighted by molar-refractivity contribution is 5.62. The van der Waals surface area contributed by atoms with E-state index >= 15 is 0 Å². The Labute approximate surface area is 140 Å². The van der Waals surface area contributed by atoms with Gasteiger partial charge in [-0.2, -0.15) is 0 Å². The first-order valence-corrected chi connectivity index (χ1v) is 7.54. The number of rotatable bonds is 5. The third-order valence-corrected chi connectivity index (χ3v) is 3.53. The molecule has 0 saturated carbocycles. The highest BCUT2D eigenvalue weighted by Crippen LogP contribution is 2.28. The Kier molecular flexibility index (Phi) is 4.43. The monoisotopic (exact) mass is 325 g/mol. The van der Waals surface area contributed by atoms with Crippen molar-refractivity contribution in [2.75, 3.05) is 12.4 Å². The van der Waals surface area contributed by atoms with E-state index in [0.29, 0.717) is 17.4 Å². The zero-order chi connectivity index (χ0) is 17.1. The Bertz CT molecular complexity index is 845. The second-order valence-electron chi connectivity index (χ2n) is 5.42. The minimum Gasteiger partial charge on any atom is -0.494 e. The highest BCUT2D eigenvalue weighted by Gasteiger charge is 2.09. The van der Waals surface area contributed by atoms with E-state index in [4.69, 9.17) is 4.74 Å². The van der Waals surface area contributed by atoms with Gasteiger partial charge in [0.1, 0.15) is 5.75 Å². The van der Waals surface area contributed by atoms with Crippen LogP contribution in [0.5, 0.6) is 5.75 Å². The summed E-state index contributed by atoms with van der Waals surface area (Å²) >= 11 is 0. The number of imidazole rings is 1. The fourth-order valence-electron chi connectivity index (χ4n) is 2.32. The van der Waals surface area contributed by atoms with Crippen LogP contribution in [0, 0.1) is 6.92 Å². The van der Waals surface area contributed by atoms with E-state index in [0.717, 1.165) is 17.1 Å². The number of aryl methyl sites for hydroxylation is 1. The molecular formula is C17H19N5O2. The smallest absolute Gasteiger partial charge is 0.227 e. The summed E-state index contributed by atoms with van der Waals surface area (Å²) in [6.07, 6.45) is 4.64. The third-order valence-electron chi connectivity index (χ3n) is 3.53. The molecule has 0 aliphatic carbocycles. The molecular weight excluding hydrogens is 306 g/mol. The zero-order valence-corrected chi connectivity index (χ0v) is 13.8. The molecule has 24 heavy (non-hydrogen) atoms. The molecule has 3 aromatic rings. The number of nitrogens with one attached hydrogen (secondary N) is 1. The largest absolute Gasteiger partial charge is 0.494 e. The molecule has 0 saturated heterocycles. The van der Waals surface area contributed by atoms with Crippen LogP contribution >= 0.6 is 0 Å². The average Bonchev–Trinajstić information content (AvgIpc) is 3.01. The van der Waals surface area contributed by atoms with Gasteiger partial charge in [0.2, 0.25) is 5.95 Å². The van der Waals surface area contributed by atoms with Crippen molar-refractivity contribution in [2.45, 2.75) is 20.0 Å². The molecule has 0 aliphatic rings. The van der Waals surface area contributed by atoms with E-state index < -0.39 is 6.10 Å². The van der Waals surface area contributed by atoms with Crippen molar-refractivity contribution < 1.29 is 9.84 Å². The zero-order valence-electron chi connectivity index (χ0n) is 13.8. The topological polar surface area (TPSA) is 85.1 Å². The first-order valence-electron chi connectivity index (χ1n) is 7.54. The van der Waals surface area contributed by atoms with Gasteiger partial charge in [-0.05, 0) is 32.0 Å². The molecule has 1 atom stereocenters. The summed E-state index contributed by atoms with van der Waals surface area (Å²) in [5.74, 6) is 1.12. The van der Waals surface area contributed by atoms with E-state index in [1.807, 2.05) is 35.9 Å². The van der Waals surface area contributed by atoms with E-state index in [9.17, 15) is 5.11 Å². The van der Waals surface area contributed by atoms with E-state index in [-0.39, 0.29) is 0 Å². The Morgan fingerprint density at radius 1 is 1.25 bits per heavy atom. The lowest BCUT2D eigenvalue weighted by Crippen LogP contribution is -2.03. The number of nitrogens with zero attached hydrogens (tertiary/aromatic N) is 4. The average molecular weight is 325 g/mol. The van der Waals surface area contributed by atoms with E-state index in [2.05, 4.69) is 20.3 Å². The number of benzene rings is 1. The molecule has 2 heterocycles. The van der Waals surface area contributed by atoms with Crippen LogP contribution in [-0.4, -0.2) is 31.7 Å². The molecule has 3 rings (SSSR count). The number of anilines is 2. The number of methoxy groups -OCH3 is 1. The fourth-order valence-corrected chi connectivity index (χ4v) is 2.32. The number of hydrogen-bond acceptors (Lipinski definition) is 6. The molecule has 2 aromatic heterocycles. The number of aromatic nitrogens is 4. The third kappa shape index (κ3) is 3.36. The number of ether oxygens (including phenoxy) is 1. The minimum atomic E-state index is -0.644. The predicted molar refractivity (Wildman–Crippen MR) is 90.8 cm³/mol. The summed E-state index contributed by atoms with van der Waals surface area (Å²) in [6.45, 7) is 3.60. The molecule has 0 radical (unpaired) electrons. The minimum absolute atomic E-state index is 0.418. The van der Waals surface area contributed by atoms with Gasteiger partial charge in [0.15, 0.2) is 0 Å². The van der Waals surface area contributed by atoms with Crippen LogP contribution in [0.1, 0.15) is 24.4 Å². The summed E-state index contributed by atoms with van der Waals surface area (Å²) in [5, 5.41) is 12.7. The van der Waals surface area contributed by atoms with Gasteiger partial charge < -0.3 is 19.7 Å². The highest BCUT2D eigenvalue weighted by atomic mass is 16.5. The summed E-state index contributed by atoms with van der Waals surface area (Å²) in [4.78, 5) is 12.7. The Hall–Kier alpha value is -2.93. The van der Waals surface area contributed by atoms with Gasteiger partial charge in [-0.15, -0.1) is 0 Å². The van der Waals surface area contributed by atoms with E-state index in [1.165, 1.54) is 0 Å². The summed E-state index contributed by atoms with van der Waals surface area (Å²) in [6, 6.07) is 7.39. The van der Waals surface area contributed by atoms with Crippen molar-refractivity contribution in [3.05, 3.63) is 54.4 Å². The molecule has 1 unspecified atom stereocenters. The number of aliphatic hydroxyl groups excluding tert-OH is 1. The molecule has 7 nitrogen and oxygen atoms in total. The first kappa shape index (κ1) is 15.9. The van der Waals surface area contributed by atoms with Gasteiger partial charge in [0.25, 0.3) is 0 Å². The van der Waals surface area contributed by atoms with Crippen molar-refractivity contribution in [3.8, 4) is 11.4 Å². The van der Waals surface area contributed by atoms with Crippen LogP contribution in [0.4, 0.5) is 11.6 Å². The molecule has 7 heteroatoms. The standard InChI is InChI=1S/C17H19N5O2/c1-11-9-22(10-19-11)15-5-4-13(8-16(15)24-3)20-17-18-7-6-14(21-17)12(2)23/h4-10,12,23H,1-3H3,(H,18,20,21). The maximum atomic E-state index is 9.61. The summed E-state index contributed by atoms with van der Waals surface area (Å²) in [5.41, 5.74) is 3.17. The molecule has 124 valence electrons. The molecule has 0 fully saturated rings. The van der Waals surface area contributed by atoms with Crippen LogP contribution in [0.3, 0.4) is 0 Å². The number of aliphatic hydroxyl groups is 1. The van der Waals surface area contributed by atoms with Gasteiger partial charge in [-0.1, -0.05) is 0 Å². The van der Waals surface area contributed by atoms with Crippen LogP contribution < -0.4 is 10.1 Å². The maximum absolute atomic E-state index is 9.61. The fraction of sp³-hybridized carbons (Fsp3) is 0.235. The number of hydrogen-bond donors (Lipinski definition) is 2. The van der Waals surface area contributed by atoms with Gasteiger partial charge in [0.05, 0.1) is 36.6 Å². The van der Waals surface area contributed by atoms with Crippen molar-refractivity contribution in [1.82, 2.24) is 19.5 Å². The normalized spacial score (nSPS) is 12.0. The van der Waals surface area contributed by atoms with E-state index in [1.54, 1.807) is 32.6 Å². The lowest BCUT2D eigenvalue weighted by Gasteiger charge is -2.12. The Morgan fingerprint density at radius 2 is 2.08 bits per heavy atom.